The third kappa shape index (κ3) is 3.81. The number of hydrogen-bond donors (Lipinski definition) is 2. The SMILES string of the molecule is CCC(O)c1cccc(S(=O)(=O)NCCC2CCC2)c1. The molecule has 112 valence electrons. The van der Waals surface area contributed by atoms with Crippen LogP contribution >= 0.6 is 0 Å². The van der Waals surface area contributed by atoms with Gasteiger partial charge in [-0.3, -0.25) is 0 Å². The molecular formula is C15H23NO3S. The van der Waals surface area contributed by atoms with E-state index >= 15 is 0 Å². The highest BCUT2D eigenvalue weighted by molar-refractivity contribution is 7.89. The van der Waals surface area contributed by atoms with Crippen molar-refractivity contribution in [1.82, 2.24) is 4.72 Å². The van der Waals surface area contributed by atoms with E-state index in [1.165, 1.54) is 19.3 Å². The average Bonchev–Trinajstić information content (AvgIpc) is 2.41. The van der Waals surface area contributed by atoms with Gasteiger partial charge in [-0.25, -0.2) is 13.1 Å². The average molecular weight is 297 g/mol. The molecule has 1 fully saturated rings. The van der Waals surface area contributed by atoms with Crippen LogP contribution in [0, 0.1) is 5.92 Å². The number of hydrogen-bond acceptors (Lipinski definition) is 3. The highest BCUT2D eigenvalue weighted by atomic mass is 32.2. The fraction of sp³-hybridized carbons (Fsp3) is 0.600. The Morgan fingerprint density at radius 1 is 1.40 bits per heavy atom. The molecular weight excluding hydrogens is 274 g/mol. The number of aliphatic hydroxyl groups excluding tert-OH is 1. The lowest BCUT2D eigenvalue weighted by molar-refractivity contribution is 0.173. The molecule has 2 N–H and O–H groups in total. The predicted molar refractivity (Wildman–Crippen MR) is 78.8 cm³/mol. The van der Waals surface area contributed by atoms with Gasteiger partial charge in [0, 0.05) is 6.54 Å². The summed E-state index contributed by atoms with van der Waals surface area (Å²) in [6.45, 7) is 2.36. The first-order valence-electron chi connectivity index (χ1n) is 7.30. The number of benzene rings is 1. The molecule has 4 nitrogen and oxygen atoms in total. The van der Waals surface area contributed by atoms with Crippen molar-refractivity contribution in [3.63, 3.8) is 0 Å². The Morgan fingerprint density at radius 3 is 2.75 bits per heavy atom. The normalized spacial score (nSPS) is 17.7. The topological polar surface area (TPSA) is 66.4 Å². The number of sulfonamides is 1. The van der Waals surface area contributed by atoms with E-state index in [1.54, 1.807) is 24.3 Å². The summed E-state index contributed by atoms with van der Waals surface area (Å²) >= 11 is 0. The van der Waals surface area contributed by atoms with Crippen LogP contribution in [-0.2, 0) is 10.0 Å². The highest BCUT2D eigenvalue weighted by Crippen LogP contribution is 2.29. The Kier molecular flexibility index (Phi) is 5.18. The third-order valence-electron chi connectivity index (χ3n) is 4.01. The zero-order chi connectivity index (χ0) is 14.6. The van der Waals surface area contributed by atoms with Gasteiger partial charge in [-0.1, -0.05) is 38.3 Å². The maximum Gasteiger partial charge on any atom is 0.240 e. The van der Waals surface area contributed by atoms with Crippen molar-refractivity contribution in [1.29, 1.82) is 0 Å². The van der Waals surface area contributed by atoms with Crippen molar-refractivity contribution < 1.29 is 13.5 Å². The molecule has 0 bridgehead atoms. The summed E-state index contributed by atoms with van der Waals surface area (Å²) in [6, 6.07) is 6.55. The number of nitrogens with one attached hydrogen (secondary N) is 1. The molecule has 0 aliphatic heterocycles. The van der Waals surface area contributed by atoms with Crippen molar-refractivity contribution in [2.45, 2.75) is 50.0 Å². The zero-order valence-electron chi connectivity index (χ0n) is 11.9. The molecule has 20 heavy (non-hydrogen) atoms. The van der Waals surface area contributed by atoms with Crippen LogP contribution in [0.5, 0.6) is 0 Å². The van der Waals surface area contributed by atoms with Gasteiger partial charge in [-0.2, -0.15) is 0 Å². The van der Waals surface area contributed by atoms with E-state index in [-0.39, 0.29) is 4.90 Å². The highest BCUT2D eigenvalue weighted by Gasteiger charge is 2.19. The van der Waals surface area contributed by atoms with Crippen LogP contribution in [0.15, 0.2) is 29.2 Å². The lowest BCUT2D eigenvalue weighted by Gasteiger charge is -2.25. The fourth-order valence-electron chi connectivity index (χ4n) is 2.39. The quantitative estimate of drug-likeness (QED) is 0.813. The second-order valence-electron chi connectivity index (χ2n) is 5.48. The van der Waals surface area contributed by atoms with E-state index < -0.39 is 16.1 Å². The van der Waals surface area contributed by atoms with Crippen LogP contribution in [0.25, 0.3) is 0 Å². The van der Waals surface area contributed by atoms with Crippen molar-refractivity contribution in [2.75, 3.05) is 6.54 Å². The van der Waals surface area contributed by atoms with Gasteiger partial charge in [0.05, 0.1) is 11.0 Å². The van der Waals surface area contributed by atoms with Gasteiger partial charge in [0.2, 0.25) is 10.0 Å². The van der Waals surface area contributed by atoms with Crippen LogP contribution in [0.3, 0.4) is 0 Å². The van der Waals surface area contributed by atoms with E-state index in [9.17, 15) is 13.5 Å². The molecule has 1 saturated carbocycles. The third-order valence-corrected chi connectivity index (χ3v) is 5.47. The summed E-state index contributed by atoms with van der Waals surface area (Å²) in [5.74, 6) is 0.686. The number of aliphatic hydroxyl groups is 1. The summed E-state index contributed by atoms with van der Waals surface area (Å²) in [5.41, 5.74) is 0.648. The first-order chi connectivity index (χ1) is 9.53. The van der Waals surface area contributed by atoms with Gasteiger partial charge < -0.3 is 5.11 Å². The molecule has 1 aromatic rings. The van der Waals surface area contributed by atoms with Crippen molar-refractivity contribution in [3.8, 4) is 0 Å². The first-order valence-corrected chi connectivity index (χ1v) is 8.79. The minimum absolute atomic E-state index is 0.233. The van der Waals surface area contributed by atoms with Crippen LogP contribution in [-0.4, -0.2) is 20.1 Å². The fourth-order valence-corrected chi connectivity index (χ4v) is 3.49. The van der Waals surface area contributed by atoms with E-state index in [2.05, 4.69) is 4.72 Å². The van der Waals surface area contributed by atoms with E-state index in [1.807, 2.05) is 6.92 Å². The van der Waals surface area contributed by atoms with Crippen molar-refractivity contribution in [3.05, 3.63) is 29.8 Å². The van der Waals surface area contributed by atoms with E-state index in [0.29, 0.717) is 24.4 Å². The Hall–Kier alpha value is -0.910. The molecule has 0 amide bonds. The van der Waals surface area contributed by atoms with E-state index in [4.69, 9.17) is 0 Å². The molecule has 1 aliphatic rings. The summed E-state index contributed by atoms with van der Waals surface area (Å²) in [7, 11) is -3.47. The molecule has 1 aliphatic carbocycles. The van der Waals surface area contributed by atoms with Crippen molar-refractivity contribution >= 4 is 10.0 Å². The van der Waals surface area contributed by atoms with Crippen LogP contribution in [0.2, 0.25) is 0 Å². The molecule has 1 unspecified atom stereocenters. The summed E-state index contributed by atoms with van der Waals surface area (Å²) in [6.07, 6.45) is 4.59. The van der Waals surface area contributed by atoms with Gasteiger partial charge >= 0.3 is 0 Å². The lowest BCUT2D eigenvalue weighted by Crippen LogP contribution is -2.27. The molecule has 1 aromatic carbocycles. The standard InChI is InChI=1S/C15H23NO3S/c1-2-15(17)13-7-4-8-14(11-13)20(18,19)16-10-9-12-5-3-6-12/h4,7-8,11-12,15-17H,2-3,5-6,9-10H2,1H3. The molecule has 2 rings (SSSR count). The number of rotatable bonds is 7. The lowest BCUT2D eigenvalue weighted by atomic mass is 9.83. The van der Waals surface area contributed by atoms with Crippen LogP contribution in [0.4, 0.5) is 0 Å². The molecule has 0 aromatic heterocycles. The Bertz CT molecular complexity index is 538. The minimum atomic E-state index is -3.47. The molecule has 1 atom stereocenters. The molecule has 0 spiro atoms. The molecule has 0 radical (unpaired) electrons. The molecule has 5 heteroatoms. The minimum Gasteiger partial charge on any atom is -0.388 e. The first kappa shape index (κ1) is 15.5. The largest absolute Gasteiger partial charge is 0.388 e. The molecule has 0 heterocycles. The Labute approximate surface area is 121 Å². The summed E-state index contributed by atoms with van der Waals surface area (Å²) < 4.78 is 27.0. The van der Waals surface area contributed by atoms with Gasteiger partial charge in [0.15, 0.2) is 0 Å². The zero-order valence-corrected chi connectivity index (χ0v) is 12.7. The van der Waals surface area contributed by atoms with Crippen molar-refractivity contribution in [2.24, 2.45) is 5.92 Å². The maximum atomic E-state index is 12.2. The van der Waals surface area contributed by atoms with Gasteiger partial charge in [0.1, 0.15) is 0 Å². The smallest absolute Gasteiger partial charge is 0.240 e. The maximum absolute atomic E-state index is 12.2. The van der Waals surface area contributed by atoms with Crippen LogP contribution < -0.4 is 4.72 Å². The van der Waals surface area contributed by atoms with Crippen LogP contribution in [0.1, 0.15) is 50.7 Å². The second-order valence-corrected chi connectivity index (χ2v) is 7.25. The Morgan fingerprint density at radius 2 is 2.15 bits per heavy atom. The predicted octanol–water partition coefficient (Wildman–Crippen LogP) is 2.60. The van der Waals surface area contributed by atoms with E-state index in [0.717, 1.165) is 6.42 Å². The summed E-state index contributed by atoms with van der Waals surface area (Å²) in [4.78, 5) is 0.233. The Balaban J connectivity index is 2.00. The van der Waals surface area contributed by atoms with Gasteiger partial charge in [-0.05, 0) is 36.5 Å². The second kappa shape index (κ2) is 6.70. The summed E-state index contributed by atoms with van der Waals surface area (Å²) in [5, 5.41) is 9.79. The van der Waals surface area contributed by atoms with Gasteiger partial charge in [-0.15, -0.1) is 0 Å². The van der Waals surface area contributed by atoms with Gasteiger partial charge in [0.25, 0.3) is 0 Å². The molecule has 0 saturated heterocycles. The monoisotopic (exact) mass is 297 g/mol.